The van der Waals surface area contributed by atoms with Gasteiger partial charge in [0.2, 0.25) is 0 Å². The molecule has 0 saturated carbocycles. The fraction of sp³-hybridized carbons (Fsp3) is 0.118. The zero-order valence-electron chi connectivity index (χ0n) is 20.4. The van der Waals surface area contributed by atoms with Crippen LogP contribution in [0.3, 0.4) is 0 Å². The van der Waals surface area contributed by atoms with Crippen molar-refractivity contribution >= 4 is 11.4 Å². The third kappa shape index (κ3) is 5.67. The van der Waals surface area contributed by atoms with Crippen molar-refractivity contribution in [3.63, 3.8) is 0 Å². The smallest absolute Gasteiger partial charge is 0.0316 e. The van der Waals surface area contributed by atoms with Gasteiger partial charge in [0.05, 0.1) is 0 Å². The van der Waals surface area contributed by atoms with Crippen LogP contribution in [0.5, 0.6) is 0 Å². The first-order valence-electron chi connectivity index (χ1n) is 12.5. The summed E-state index contributed by atoms with van der Waals surface area (Å²) < 4.78 is 0. The minimum Gasteiger partial charge on any atom is -0.399 e. The van der Waals surface area contributed by atoms with Gasteiger partial charge in [-0.3, -0.25) is 0 Å². The lowest BCUT2D eigenvalue weighted by atomic mass is 9.82. The Hall–Kier alpha value is -4.30. The molecule has 5 rings (SSSR count). The third-order valence-corrected chi connectivity index (χ3v) is 6.93. The Morgan fingerprint density at radius 3 is 1.11 bits per heavy atom. The van der Waals surface area contributed by atoms with Crippen LogP contribution in [0, 0.1) is 0 Å². The predicted molar refractivity (Wildman–Crippen MR) is 152 cm³/mol. The second-order valence-corrected chi connectivity index (χ2v) is 9.49. The van der Waals surface area contributed by atoms with Crippen LogP contribution in [0.2, 0.25) is 0 Å². The van der Waals surface area contributed by atoms with Crippen molar-refractivity contribution in [2.45, 2.75) is 24.7 Å². The van der Waals surface area contributed by atoms with E-state index in [1.807, 2.05) is 24.3 Å². The third-order valence-electron chi connectivity index (χ3n) is 6.93. The lowest BCUT2D eigenvalue weighted by Gasteiger charge is -2.22. The lowest BCUT2D eigenvalue weighted by Crippen LogP contribution is -2.08. The van der Waals surface area contributed by atoms with Crippen molar-refractivity contribution in [2.24, 2.45) is 0 Å². The fourth-order valence-corrected chi connectivity index (χ4v) is 5.10. The highest BCUT2D eigenvalue weighted by atomic mass is 14.5. The summed E-state index contributed by atoms with van der Waals surface area (Å²) in [6.07, 6.45) is 1.81. The van der Waals surface area contributed by atoms with Crippen LogP contribution in [0.4, 0.5) is 11.4 Å². The number of hydrogen-bond donors (Lipinski definition) is 2. The molecule has 0 aromatic heterocycles. The molecule has 0 amide bonds. The van der Waals surface area contributed by atoms with Gasteiger partial charge in [0.25, 0.3) is 0 Å². The molecule has 0 aliphatic rings. The average Bonchev–Trinajstić information content (AvgIpc) is 2.92. The van der Waals surface area contributed by atoms with Gasteiger partial charge in [-0.15, -0.1) is 0 Å². The summed E-state index contributed by atoms with van der Waals surface area (Å²) in [6, 6.07) is 47.2. The zero-order chi connectivity index (χ0) is 24.7. The van der Waals surface area contributed by atoms with Crippen molar-refractivity contribution in [3.8, 4) is 0 Å². The molecule has 0 radical (unpaired) electrons. The highest BCUT2D eigenvalue weighted by molar-refractivity contribution is 5.45. The number of rotatable bonds is 8. The predicted octanol–water partition coefficient (Wildman–Crippen LogP) is 7.60. The van der Waals surface area contributed by atoms with Crippen molar-refractivity contribution in [3.05, 3.63) is 167 Å². The van der Waals surface area contributed by atoms with Crippen LogP contribution in [-0.4, -0.2) is 0 Å². The number of nitrogens with two attached hydrogens (primary N) is 2. The van der Waals surface area contributed by atoms with Crippen LogP contribution in [0.25, 0.3) is 0 Å². The molecule has 0 spiro atoms. The number of anilines is 2. The van der Waals surface area contributed by atoms with Gasteiger partial charge in [0, 0.05) is 23.2 Å². The van der Waals surface area contributed by atoms with E-state index < -0.39 is 0 Å². The van der Waals surface area contributed by atoms with E-state index in [0.29, 0.717) is 0 Å². The summed E-state index contributed by atoms with van der Waals surface area (Å²) in [4.78, 5) is 0. The maximum Gasteiger partial charge on any atom is 0.0316 e. The monoisotopic (exact) mass is 468 g/mol. The molecule has 0 aliphatic heterocycles. The normalized spacial score (nSPS) is 12.7. The summed E-state index contributed by atoms with van der Waals surface area (Å²) in [5, 5.41) is 0. The second-order valence-electron chi connectivity index (χ2n) is 9.49. The van der Waals surface area contributed by atoms with Crippen LogP contribution in [-0.2, 0) is 12.8 Å². The largest absolute Gasteiger partial charge is 0.399 e. The first kappa shape index (κ1) is 23.4. The standard InChI is InChI=1S/C34H32N2/c35-31-15-7-9-25(21-31)23-33(27-11-3-1-4-12-27)29-17-19-30(20-18-29)34(28-13-5-2-6-14-28)24-26-10-8-16-32(36)22-26/h1-22,33-34H,23-24,35-36H2. The van der Waals surface area contributed by atoms with E-state index in [1.54, 1.807) is 0 Å². The Balaban J connectivity index is 1.48. The minimum absolute atomic E-state index is 0.256. The lowest BCUT2D eigenvalue weighted by molar-refractivity contribution is 0.789. The van der Waals surface area contributed by atoms with E-state index in [4.69, 9.17) is 11.5 Å². The molecule has 5 aromatic carbocycles. The highest BCUT2D eigenvalue weighted by Gasteiger charge is 2.18. The molecule has 2 heteroatoms. The molecule has 2 unspecified atom stereocenters. The SMILES string of the molecule is Nc1cccc(CC(c2ccccc2)c2ccc(C(Cc3cccc(N)c3)c3ccccc3)cc2)c1. The van der Waals surface area contributed by atoms with E-state index >= 15 is 0 Å². The van der Waals surface area contributed by atoms with E-state index in [2.05, 4.69) is 109 Å². The first-order valence-corrected chi connectivity index (χ1v) is 12.5. The minimum atomic E-state index is 0.256. The Kier molecular flexibility index (Phi) is 7.14. The molecule has 178 valence electrons. The Labute approximate surface area is 214 Å². The van der Waals surface area contributed by atoms with Crippen molar-refractivity contribution in [2.75, 3.05) is 11.5 Å². The summed E-state index contributed by atoms with van der Waals surface area (Å²) in [5.41, 5.74) is 21.5. The van der Waals surface area contributed by atoms with Gasteiger partial charge in [0.1, 0.15) is 0 Å². The van der Waals surface area contributed by atoms with Gasteiger partial charge in [-0.2, -0.15) is 0 Å². The van der Waals surface area contributed by atoms with Crippen molar-refractivity contribution < 1.29 is 0 Å². The highest BCUT2D eigenvalue weighted by Crippen LogP contribution is 2.33. The van der Waals surface area contributed by atoms with Gasteiger partial charge in [0.15, 0.2) is 0 Å². The van der Waals surface area contributed by atoms with Gasteiger partial charge in [-0.25, -0.2) is 0 Å². The van der Waals surface area contributed by atoms with Crippen molar-refractivity contribution in [1.82, 2.24) is 0 Å². The number of benzene rings is 5. The molecule has 4 N–H and O–H groups in total. The van der Waals surface area contributed by atoms with Crippen LogP contribution >= 0.6 is 0 Å². The molecule has 0 saturated heterocycles. The topological polar surface area (TPSA) is 52.0 Å². The molecule has 36 heavy (non-hydrogen) atoms. The maximum atomic E-state index is 6.08. The van der Waals surface area contributed by atoms with E-state index in [1.165, 1.54) is 33.4 Å². The summed E-state index contributed by atoms with van der Waals surface area (Å²) in [6.45, 7) is 0. The second kappa shape index (κ2) is 11.0. The maximum absolute atomic E-state index is 6.08. The molecule has 0 heterocycles. The van der Waals surface area contributed by atoms with E-state index in [9.17, 15) is 0 Å². The van der Waals surface area contributed by atoms with Gasteiger partial charge >= 0.3 is 0 Å². The van der Waals surface area contributed by atoms with E-state index in [-0.39, 0.29) is 11.8 Å². The van der Waals surface area contributed by atoms with E-state index in [0.717, 1.165) is 24.2 Å². The van der Waals surface area contributed by atoms with Crippen LogP contribution < -0.4 is 11.5 Å². The summed E-state index contributed by atoms with van der Waals surface area (Å²) >= 11 is 0. The fourth-order valence-electron chi connectivity index (χ4n) is 5.10. The number of hydrogen-bond acceptors (Lipinski definition) is 2. The Morgan fingerprint density at radius 2 is 0.750 bits per heavy atom. The summed E-state index contributed by atoms with van der Waals surface area (Å²) in [7, 11) is 0. The Morgan fingerprint density at radius 1 is 0.389 bits per heavy atom. The average molecular weight is 469 g/mol. The van der Waals surface area contributed by atoms with Gasteiger partial charge in [-0.1, -0.05) is 109 Å². The molecule has 0 aliphatic carbocycles. The molecular formula is C34H32N2. The van der Waals surface area contributed by atoms with Gasteiger partial charge in [-0.05, 0) is 70.5 Å². The number of nitrogen functional groups attached to an aromatic ring is 2. The summed E-state index contributed by atoms with van der Waals surface area (Å²) in [5.74, 6) is 0.511. The first-order chi connectivity index (χ1) is 17.7. The molecular weight excluding hydrogens is 436 g/mol. The molecule has 0 fully saturated rings. The zero-order valence-corrected chi connectivity index (χ0v) is 20.4. The Bertz CT molecular complexity index is 1280. The van der Waals surface area contributed by atoms with Crippen molar-refractivity contribution in [1.29, 1.82) is 0 Å². The molecule has 2 nitrogen and oxygen atoms in total. The van der Waals surface area contributed by atoms with Crippen LogP contribution in [0.1, 0.15) is 45.2 Å². The molecule has 2 atom stereocenters. The van der Waals surface area contributed by atoms with Crippen LogP contribution in [0.15, 0.2) is 133 Å². The quantitative estimate of drug-likeness (QED) is 0.230. The molecule has 5 aromatic rings. The molecule has 0 bridgehead atoms. The van der Waals surface area contributed by atoms with Gasteiger partial charge < -0.3 is 11.5 Å².